The van der Waals surface area contributed by atoms with Crippen LogP contribution < -0.4 is 10.2 Å². The van der Waals surface area contributed by atoms with Gasteiger partial charge in [0, 0.05) is 12.1 Å². The summed E-state index contributed by atoms with van der Waals surface area (Å²) in [4.78, 5) is 12.8. The highest BCUT2D eigenvalue weighted by Crippen LogP contribution is 2.23. The standard InChI is InChI=1S/C17H22N4O3S2/c1-10-4-5-13(11(2)6-10)18-16-19-21(17(25)26-16)9-20-8-12(22)7-14(20)15(23)24-3/h4-6,12,14,22H,7-9H2,1-3H3,(H,18,19)/p+1/t12-,14+/m1/s1. The minimum atomic E-state index is -0.519. The highest BCUT2D eigenvalue weighted by Gasteiger charge is 2.41. The Kier molecular flexibility index (Phi) is 5.71. The minimum Gasteiger partial charge on any atom is -0.465 e. The molecule has 1 unspecified atom stereocenters. The van der Waals surface area contributed by atoms with Crippen LogP contribution in [0.2, 0.25) is 0 Å². The van der Waals surface area contributed by atoms with Crippen molar-refractivity contribution in [3.05, 3.63) is 33.3 Å². The molecule has 0 saturated carbocycles. The average Bonchev–Trinajstić information content (AvgIpc) is 3.12. The van der Waals surface area contributed by atoms with E-state index in [1.54, 1.807) is 4.68 Å². The molecule has 0 amide bonds. The van der Waals surface area contributed by atoms with Crippen LogP contribution in [0.15, 0.2) is 18.2 Å². The number of carbonyl (C=O) groups excluding carboxylic acids is 1. The molecule has 1 aromatic carbocycles. The molecule has 0 aliphatic carbocycles. The van der Waals surface area contributed by atoms with Gasteiger partial charge in [0.1, 0.15) is 12.6 Å². The van der Waals surface area contributed by atoms with Crippen molar-refractivity contribution in [2.75, 3.05) is 19.0 Å². The Hall–Kier alpha value is -1.81. The number of aryl methyl sites for hydroxylation is 2. The van der Waals surface area contributed by atoms with Crippen LogP contribution in [0.5, 0.6) is 0 Å². The van der Waals surface area contributed by atoms with Gasteiger partial charge in [0.05, 0.1) is 7.11 Å². The van der Waals surface area contributed by atoms with Crippen molar-refractivity contribution < 1.29 is 19.5 Å². The first-order chi connectivity index (χ1) is 12.4. The summed E-state index contributed by atoms with van der Waals surface area (Å²) in [5, 5.41) is 18.5. The summed E-state index contributed by atoms with van der Waals surface area (Å²) in [5.41, 5.74) is 3.33. The molecule has 2 aromatic rings. The van der Waals surface area contributed by atoms with Gasteiger partial charge in [-0.1, -0.05) is 29.0 Å². The van der Waals surface area contributed by atoms with Gasteiger partial charge < -0.3 is 20.1 Å². The lowest BCUT2D eigenvalue weighted by molar-refractivity contribution is -0.928. The van der Waals surface area contributed by atoms with Crippen molar-refractivity contribution in [3.63, 3.8) is 0 Å². The first-order valence-corrected chi connectivity index (χ1v) is 9.62. The lowest BCUT2D eigenvalue weighted by Gasteiger charge is -2.18. The third kappa shape index (κ3) is 4.12. The fraction of sp³-hybridized carbons (Fsp3) is 0.471. The van der Waals surface area contributed by atoms with Gasteiger partial charge in [0.15, 0.2) is 16.7 Å². The van der Waals surface area contributed by atoms with Crippen molar-refractivity contribution >= 4 is 40.3 Å². The van der Waals surface area contributed by atoms with Gasteiger partial charge in [-0.15, -0.1) is 5.10 Å². The van der Waals surface area contributed by atoms with Gasteiger partial charge in [-0.3, -0.25) is 0 Å². The van der Waals surface area contributed by atoms with Crippen LogP contribution >= 0.6 is 23.6 Å². The fourth-order valence-corrected chi connectivity index (χ4v) is 4.28. The molecule has 2 heterocycles. The number of aliphatic hydroxyl groups is 1. The van der Waals surface area contributed by atoms with E-state index in [1.807, 2.05) is 19.1 Å². The maximum atomic E-state index is 11.9. The van der Waals surface area contributed by atoms with Crippen LogP contribution in [0, 0.1) is 17.8 Å². The number of nitrogens with zero attached hydrogens (tertiary/aromatic N) is 2. The molecule has 0 spiro atoms. The second kappa shape index (κ2) is 7.83. The predicted octanol–water partition coefficient (Wildman–Crippen LogP) is 1.18. The number of ether oxygens (including phenoxy) is 1. The third-order valence-electron chi connectivity index (χ3n) is 4.57. The Balaban J connectivity index is 1.76. The van der Waals surface area contributed by atoms with Gasteiger partial charge >= 0.3 is 5.97 Å². The van der Waals surface area contributed by atoms with E-state index in [9.17, 15) is 9.90 Å². The molecule has 1 aromatic heterocycles. The maximum Gasteiger partial charge on any atom is 0.364 e. The van der Waals surface area contributed by atoms with Gasteiger partial charge in [-0.25, -0.2) is 4.79 Å². The molecule has 0 radical (unpaired) electrons. The predicted molar refractivity (Wildman–Crippen MR) is 102 cm³/mol. The number of quaternary nitrogens is 1. The zero-order chi connectivity index (χ0) is 18.8. The Bertz CT molecular complexity index is 864. The van der Waals surface area contributed by atoms with Crippen LogP contribution in [0.25, 0.3) is 0 Å². The van der Waals surface area contributed by atoms with Crippen molar-refractivity contribution in [3.8, 4) is 0 Å². The topological polar surface area (TPSA) is 80.8 Å². The summed E-state index contributed by atoms with van der Waals surface area (Å²) >= 11 is 6.81. The van der Waals surface area contributed by atoms with E-state index in [-0.39, 0.29) is 5.97 Å². The molecule has 3 rings (SSSR count). The number of likely N-dealkylation sites (tertiary alicyclic amines) is 1. The number of esters is 1. The van der Waals surface area contributed by atoms with Gasteiger partial charge in [-0.05, 0) is 37.7 Å². The molecule has 3 atom stereocenters. The van der Waals surface area contributed by atoms with Crippen LogP contribution in [0.3, 0.4) is 0 Å². The van der Waals surface area contributed by atoms with E-state index in [0.717, 1.165) is 16.2 Å². The SMILES string of the molecule is COC(=O)[C@@H]1C[C@@H](O)C[NH+]1Cn1nc(Nc2ccc(C)cc2C)sc1=S. The van der Waals surface area contributed by atoms with E-state index >= 15 is 0 Å². The molecule has 7 nitrogen and oxygen atoms in total. The Morgan fingerprint density at radius 3 is 3.00 bits per heavy atom. The largest absolute Gasteiger partial charge is 0.465 e. The lowest BCUT2D eigenvalue weighted by atomic mass is 10.1. The quantitative estimate of drug-likeness (QED) is 0.521. The monoisotopic (exact) mass is 395 g/mol. The zero-order valence-electron chi connectivity index (χ0n) is 15.0. The van der Waals surface area contributed by atoms with Crippen LogP contribution in [0.1, 0.15) is 17.5 Å². The highest BCUT2D eigenvalue weighted by molar-refractivity contribution is 7.73. The van der Waals surface area contributed by atoms with E-state index in [2.05, 4.69) is 23.4 Å². The Morgan fingerprint density at radius 1 is 1.54 bits per heavy atom. The number of aliphatic hydroxyl groups excluding tert-OH is 1. The Morgan fingerprint density at radius 2 is 2.31 bits per heavy atom. The molecule has 1 fully saturated rings. The maximum absolute atomic E-state index is 11.9. The summed E-state index contributed by atoms with van der Waals surface area (Å²) in [5.74, 6) is -0.313. The van der Waals surface area contributed by atoms with Crippen molar-refractivity contribution in [1.29, 1.82) is 0 Å². The molecule has 1 aliphatic heterocycles. The molecule has 140 valence electrons. The molecule has 3 N–H and O–H groups in total. The van der Waals surface area contributed by atoms with Gasteiger partial charge in [0.25, 0.3) is 0 Å². The lowest BCUT2D eigenvalue weighted by Crippen LogP contribution is -3.14. The minimum absolute atomic E-state index is 0.313. The van der Waals surface area contributed by atoms with Gasteiger partial charge in [-0.2, -0.15) is 4.68 Å². The normalized spacial score (nSPS) is 22.4. The van der Waals surface area contributed by atoms with Crippen molar-refractivity contribution in [1.82, 2.24) is 9.78 Å². The van der Waals surface area contributed by atoms with E-state index in [0.29, 0.717) is 28.7 Å². The number of aromatic nitrogens is 2. The molecule has 26 heavy (non-hydrogen) atoms. The number of benzene rings is 1. The number of hydrogen-bond acceptors (Lipinski definition) is 7. The van der Waals surface area contributed by atoms with E-state index in [1.165, 1.54) is 24.0 Å². The van der Waals surface area contributed by atoms with E-state index < -0.39 is 12.1 Å². The second-order valence-corrected chi connectivity index (χ2v) is 8.22. The fourth-order valence-electron chi connectivity index (χ4n) is 3.26. The van der Waals surface area contributed by atoms with Crippen LogP contribution in [-0.4, -0.2) is 46.7 Å². The smallest absolute Gasteiger partial charge is 0.364 e. The number of anilines is 2. The molecule has 1 saturated heterocycles. The molecular formula is C17H23N4O3S2+. The van der Waals surface area contributed by atoms with Crippen molar-refractivity contribution in [2.24, 2.45) is 0 Å². The first-order valence-electron chi connectivity index (χ1n) is 8.40. The zero-order valence-corrected chi connectivity index (χ0v) is 16.6. The molecule has 0 bridgehead atoms. The molecular weight excluding hydrogens is 372 g/mol. The summed E-state index contributed by atoms with van der Waals surface area (Å²) in [6.07, 6.45) is -0.123. The summed E-state index contributed by atoms with van der Waals surface area (Å²) in [6.45, 7) is 4.99. The number of rotatable bonds is 5. The van der Waals surface area contributed by atoms with Crippen molar-refractivity contribution in [2.45, 2.75) is 39.1 Å². The number of nitrogens with one attached hydrogen (secondary N) is 2. The van der Waals surface area contributed by atoms with Gasteiger partial charge in [0.2, 0.25) is 5.13 Å². The number of hydrogen-bond donors (Lipinski definition) is 3. The average molecular weight is 396 g/mol. The number of methoxy groups -OCH3 is 1. The summed E-state index contributed by atoms with van der Waals surface area (Å²) in [6, 6.07) is 5.78. The molecule has 1 aliphatic rings. The summed E-state index contributed by atoms with van der Waals surface area (Å²) in [7, 11) is 1.37. The van der Waals surface area contributed by atoms with Crippen LogP contribution in [-0.2, 0) is 16.2 Å². The molecule has 9 heteroatoms. The highest BCUT2D eigenvalue weighted by atomic mass is 32.1. The first kappa shape index (κ1) is 19.0. The number of carbonyl (C=O) groups is 1. The van der Waals surface area contributed by atoms with Crippen LogP contribution in [0.4, 0.5) is 10.8 Å². The summed E-state index contributed by atoms with van der Waals surface area (Å²) < 4.78 is 7.18. The van der Waals surface area contributed by atoms with E-state index in [4.69, 9.17) is 17.0 Å². The second-order valence-electron chi connectivity index (χ2n) is 6.60. The third-order valence-corrected chi connectivity index (χ3v) is 5.79. The Labute approximate surface area is 161 Å².